The molecule has 0 unspecified atom stereocenters. The average Bonchev–Trinajstić information content (AvgIpc) is 2.06. The number of allylic oxidation sites excluding steroid dienone is 1. The number of rotatable bonds is 0. The van der Waals surface area contributed by atoms with E-state index in [0.717, 1.165) is 0 Å². The van der Waals surface area contributed by atoms with E-state index in [1.165, 1.54) is 18.6 Å². The van der Waals surface area contributed by atoms with Crippen LogP contribution in [-0.4, -0.2) is 0 Å². The maximum Gasteiger partial charge on any atom is 0.227 e. The molecule has 1 aliphatic heterocycles. The van der Waals surface area contributed by atoms with Gasteiger partial charge in [-0.3, -0.25) is 4.79 Å². The van der Waals surface area contributed by atoms with Crippen LogP contribution in [0.3, 0.4) is 0 Å². The van der Waals surface area contributed by atoms with Crippen LogP contribution in [0.15, 0.2) is 33.9 Å². The molecule has 1 aromatic heterocycles. The lowest BCUT2D eigenvalue weighted by Gasteiger charge is -2.07. The van der Waals surface area contributed by atoms with Gasteiger partial charge in [0.15, 0.2) is 5.76 Å². The fraction of sp³-hybridized carbons (Fsp3) is 0.125. The number of hydrogen-bond acceptors (Lipinski definition) is 3. The minimum atomic E-state index is -0.129. The van der Waals surface area contributed by atoms with Crippen molar-refractivity contribution in [1.82, 2.24) is 0 Å². The van der Waals surface area contributed by atoms with Gasteiger partial charge in [0.2, 0.25) is 11.2 Å². The molecule has 0 amide bonds. The highest BCUT2D eigenvalue weighted by Crippen LogP contribution is 2.17. The maximum absolute atomic E-state index is 11.0. The molecule has 0 saturated heterocycles. The van der Waals surface area contributed by atoms with Crippen LogP contribution in [-0.2, 0) is 6.42 Å². The smallest absolute Gasteiger partial charge is 0.227 e. The quantitative estimate of drug-likeness (QED) is 0.555. The van der Waals surface area contributed by atoms with Crippen LogP contribution in [0, 0.1) is 0 Å². The van der Waals surface area contributed by atoms with Crippen LogP contribution in [0.5, 0.6) is 5.75 Å². The van der Waals surface area contributed by atoms with Crippen LogP contribution < -0.4 is 10.2 Å². The predicted octanol–water partition coefficient (Wildman–Crippen LogP) is 1.09. The number of ether oxygens (including phenoxy) is 1. The van der Waals surface area contributed by atoms with Gasteiger partial charge in [0.05, 0.1) is 12.5 Å². The van der Waals surface area contributed by atoms with Crippen molar-refractivity contribution in [2.75, 3.05) is 0 Å². The topological polar surface area (TPSA) is 39.4 Å². The molecule has 1 aliphatic rings. The third-order valence-electron chi connectivity index (χ3n) is 1.49. The van der Waals surface area contributed by atoms with E-state index in [0.29, 0.717) is 17.9 Å². The first-order chi connectivity index (χ1) is 5.38. The highest BCUT2D eigenvalue weighted by Gasteiger charge is 2.11. The highest BCUT2D eigenvalue weighted by atomic mass is 16.5. The number of fused-ring (bicyclic) bond motifs is 1. The predicted molar refractivity (Wildman–Crippen MR) is 38.5 cm³/mol. The number of hydrogen-bond donors (Lipinski definition) is 0. The van der Waals surface area contributed by atoms with Crippen molar-refractivity contribution < 1.29 is 9.15 Å². The second-order valence-electron chi connectivity index (χ2n) is 2.23. The zero-order valence-corrected chi connectivity index (χ0v) is 5.74. The van der Waals surface area contributed by atoms with Gasteiger partial charge in [-0.1, -0.05) is 0 Å². The molecule has 0 N–H and O–H groups in total. The Morgan fingerprint density at radius 3 is 3.18 bits per heavy atom. The van der Waals surface area contributed by atoms with Gasteiger partial charge in [-0.15, -0.1) is 0 Å². The summed E-state index contributed by atoms with van der Waals surface area (Å²) in [7, 11) is 0. The molecule has 2 heterocycles. The molecule has 0 radical (unpaired) electrons. The van der Waals surface area contributed by atoms with Gasteiger partial charge in [-0.2, -0.15) is 0 Å². The summed E-state index contributed by atoms with van der Waals surface area (Å²) in [6, 6.07) is 1.35. The summed E-state index contributed by atoms with van der Waals surface area (Å²) in [5.41, 5.74) is -0.129. The van der Waals surface area contributed by atoms with E-state index in [1.807, 2.05) is 0 Å². The van der Waals surface area contributed by atoms with Gasteiger partial charge >= 0.3 is 0 Å². The fourth-order valence-electron chi connectivity index (χ4n) is 0.980. The molecule has 11 heavy (non-hydrogen) atoms. The van der Waals surface area contributed by atoms with Crippen molar-refractivity contribution in [2.45, 2.75) is 6.42 Å². The molecule has 2 rings (SSSR count). The highest BCUT2D eigenvalue weighted by molar-refractivity contribution is 5.29. The minimum absolute atomic E-state index is 0.129. The second-order valence-corrected chi connectivity index (χ2v) is 2.23. The molecule has 0 bridgehead atoms. The largest absolute Gasteiger partial charge is 0.465 e. The van der Waals surface area contributed by atoms with Crippen molar-refractivity contribution in [3.63, 3.8) is 0 Å². The Balaban J connectivity index is 2.63. The SMILES string of the molecule is O=c1ccoc2c1OC=CC2. The molecule has 0 aliphatic carbocycles. The van der Waals surface area contributed by atoms with E-state index in [1.54, 1.807) is 6.08 Å². The van der Waals surface area contributed by atoms with Gasteiger partial charge in [0, 0.05) is 12.5 Å². The summed E-state index contributed by atoms with van der Waals surface area (Å²) in [5.74, 6) is 0.912. The van der Waals surface area contributed by atoms with Gasteiger partial charge in [-0.25, -0.2) is 0 Å². The van der Waals surface area contributed by atoms with Gasteiger partial charge < -0.3 is 9.15 Å². The zero-order chi connectivity index (χ0) is 7.68. The molecule has 3 heteroatoms. The molecule has 0 aromatic carbocycles. The van der Waals surface area contributed by atoms with Gasteiger partial charge in [-0.05, 0) is 6.08 Å². The van der Waals surface area contributed by atoms with Crippen LogP contribution in [0.25, 0.3) is 0 Å². The Morgan fingerprint density at radius 1 is 1.45 bits per heavy atom. The monoisotopic (exact) mass is 150 g/mol. The molecule has 0 atom stereocenters. The first-order valence-corrected chi connectivity index (χ1v) is 3.30. The lowest BCUT2D eigenvalue weighted by molar-refractivity contribution is 0.397. The van der Waals surface area contributed by atoms with Crippen LogP contribution in [0.4, 0.5) is 0 Å². The van der Waals surface area contributed by atoms with Gasteiger partial charge in [0.25, 0.3) is 0 Å². The van der Waals surface area contributed by atoms with E-state index >= 15 is 0 Å². The Kier molecular flexibility index (Phi) is 1.28. The van der Waals surface area contributed by atoms with Crippen molar-refractivity contribution in [3.05, 3.63) is 40.7 Å². The third kappa shape index (κ3) is 0.941. The van der Waals surface area contributed by atoms with Crippen LogP contribution in [0.1, 0.15) is 5.76 Å². The van der Waals surface area contributed by atoms with E-state index in [9.17, 15) is 4.79 Å². The average molecular weight is 150 g/mol. The molecule has 1 aromatic rings. The third-order valence-corrected chi connectivity index (χ3v) is 1.49. The lowest BCUT2D eigenvalue weighted by atomic mass is 10.2. The van der Waals surface area contributed by atoms with E-state index < -0.39 is 0 Å². The van der Waals surface area contributed by atoms with Crippen LogP contribution >= 0.6 is 0 Å². The molecule has 56 valence electrons. The second kappa shape index (κ2) is 2.27. The van der Waals surface area contributed by atoms with E-state index in [-0.39, 0.29) is 5.43 Å². The van der Waals surface area contributed by atoms with Crippen molar-refractivity contribution in [3.8, 4) is 5.75 Å². The van der Waals surface area contributed by atoms with Gasteiger partial charge in [0.1, 0.15) is 0 Å². The first kappa shape index (κ1) is 6.22. The minimum Gasteiger partial charge on any atom is -0.465 e. The Morgan fingerprint density at radius 2 is 2.36 bits per heavy atom. The summed E-state index contributed by atoms with van der Waals surface area (Å²) in [5, 5.41) is 0. The Hall–Kier alpha value is -1.51. The lowest BCUT2D eigenvalue weighted by Crippen LogP contribution is -2.08. The van der Waals surface area contributed by atoms with Crippen molar-refractivity contribution in [2.24, 2.45) is 0 Å². The Bertz CT molecular complexity index is 349. The van der Waals surface area contributed by atoms with E-state index in [2.05, 4.69) is 0 Å². The van der Waals surface area contributed by atoms with Crippen LogP contribution in [0.2, 0.25) is 0 Å². The Labute approximate surface area is 62.9 Å². The molecule has 0 spiro atoms. The summed E-state index contributed by atoms with van der Waals surface area (Å²) in [6.07, 6.45) is 5.31. The molecular formula is C8H6O3. The summed E-state index contributed by atoms with van der Waals surface area (Å²) in [4.78, 5) is 11.0. The van der Waals surface area contributed by atoms with E-state index in [4.69, 9.17) is 9.15 Å². The van der Waals surface area contributed by atoms with Crippen molar-refractivity contribution >= 4 is 0 Å². The molecule has 0 saturated carbocycles. The summed E-state index contributed by atoms with van der Waals surface area (Å²) in [6.45, 7) is 0. The first-order valence-electron chi connectivity index (χ1n) is 3.30. The standard InChI is InChI=1S/C8H6O3/c9-6-3-5-10-7-2-1-4-11-8(6)7/h1,3-5H,2H2. The molecular weight excluding hydrogens is 144 g/mol. The maximum atomic E-state index is 11.0. The summed E-state index contributed by atoms with van der Waals surface area (Å²) >= 11 is 0. The van der Waals surface area contributed by atoms with Crippen molar-refractivity contribution in [1.29, 1.82) is 0 Å². The fourth-order valence-corrected chi connectivity index (χ4v) is 0.980. The molecule has 3 nitrogen and oxygen atoms in total. The normalized spacial score (nSPS) is 13.8. The molecule has 0 fully saturated rings. The zero-order valence-electron chi connectivity index (χ0n) is 5.74. The summed E-state index contributed by atoms with van der Waals surface area (Å²) < 4.78 is 10.0.